The maximum absolute atomic E-state index is 11.0. The monoisotopic (exact) mass is 236 g/mol. The molecule has 0 unspecified atom stereocenters. The van der Waals surface area contributed by atoms with E-state index in [-0.39, 0.29) is 6.61 Å². The number of carboxylic acids is 1. The largest absolute Gasteiger partial charge is 0.492 e. The highest BCUT2D eigenvalue weighted by molar-refractivity contribution is 5.73. The number of aryl methyl sites for hydroxylation is 3. The summed E-state index contributed by atoms with van der Waals surface area (Å²) in [4.78, 5) is 11.0. The summed E-state index contributed by atoms with van der Waals surface area (Å²) >= 11 is 0. The quantitative estimate of drug-likeness (QED) is 0.873. The molecule has 0 bridgehead atoms. The van der Waals surface area contributed by atoms with Gasteiger partial charge in [-0.1, -0.05) is 17.7 Å². The molecule has 0 saturated heterocycles. The van der Waals surface area contributed by atoms with Crippen LogP contribution in [0.5, 0.6) is 5.75 Å². The Morgan fingerprint density at radius 2 is 1.71 bits per heavy atom. The summed E-state index contributed by atoms with van der Waals surface area (Å²) in [6.07, 6.45) is 0. The van der Waals surface area contributed by atoms with E-state index >= 15 is 0 Å². The molecular formula is C14H20O3. The number of carboxylic acid groups (broad SMARTS) is 1. The van der Waals surface area contributed by atoms with E-state index in [2.05, 4.69) is 0 Å². The fraction of sp³-hybridized carbons (Fsp3) is 0.500. The Morgan fingerprint density at radius 1 is 1.24 bits per heavy atom. The zero-order valence-electron chi connectivity index (χ0n) is 11.1. The van der Waals surface area contributed by atoms with Crippen LogP contribution in [0.25, 0.3) is 0 Å². The molecule has 1 aromatic rings. The molecule has 0 atom stereocenters. The summed E-state index contributed by atoms with van der Waals surface area (Å²) < 4.78 is 5.67. The zero-order valence-corrected chi connectivity index (χ0v) is 11.1. The van der Waals surface area contributed by atoms with E-state index in [4.69, 9.17) is 9.84 Å². The third-order valence-corrected chi connectivity index (χ3v) is 2.76. The van der Waals surface area contributed by atoms with Gasteiger partial charge >= 0.3 is 5.97 Å². The molecule has 0 aliphatic heterocycles. The van der Waals surface area contributed by atoms with Gasteiger partial charge in [0.1, 0.15) is 12.4 Å². The van der Waals surface area contributed by atoms with Gasteiger partial charge in [0.25, 0.3) is 0 Å². The molecule has 0 aliphatic carbocycles. The van der Waals surface area contributed by atoms with Gasteiger partial charge in [0.05, 0.1) is 5.41 Å². The van der Waals surface area contributed by atoms with E-state index in [1.54, 1.807) is 13.8 Å². The van der Waals surface area contributed by atoms with Gasteiger partial charge in [0.2, 0.25) is 0 Å². The summed E-state index contributed by atoms with van der Waals surface area (Å²) in [7, 11) is 0. The van der Waals surface area contributed by atoms with E-state index in [1.807, 2.05) is 32.9 Å². The highest BCUT2D eigenvalue weighted by atomic mass is 16.5. The van der Waals surface area contributed by atoms with E-state index in [0.717, 1.165) is 16.9 Å². The molecule has 94 valence electrons. The minimum absolute atomic E-state index is 0.174. The van der Waals surface area contributed by atoms with E-state index in [9.17, 15) is 4.79 Å². The number of rotatable bonds is 4. The average molecular weight is 236 g/mol. The molecule has 0 aromatic heterocycles. The lowest BCUT2D eigenvalue weighted by Gasteiger charge is -2.21. The lowest BCUT2D eigenvalue weighted by Crippen LogP contribution is -2.30. The molecule has 0 saturated carbocycles. The van der Waals surface area contributed by atoms with Crippen molar-refractivity contribution in [2.45, 2.75) is 34.6 Å². The Kier molecular flexibility index (Phi) is 3.81. The van der Waals surface area contributed by atoms with Crippen LogP contribution in [0.3, 0.4) is 0 Å². The Bertz CT molecular complexity index is 410. The van der Waals surface area contributed by atoms with E-state index < -0.39 is 11.4 Å². The number of ether oxygens (including phenoxy) is 1. The van der Waals surface area contributed by atoms with Gasteiger partial charge in [0, 0.05) is 0 Å². The highest BCUT2D eigenvalue weighted by Gasteiger charge is 2.28. The number of hydrogen-bond donors (Lipinski definition) is 1. The van der Waals surface area contributed by atoms with Crippen molar-refractivity contribution in [3.8, 4) is 5.75 Å². The van der Waals surface area contributed by atoms with Crippen LogP contribution < -0.4 is 4.74 Å². The normalized spacial score (nSPS) is 11.4. The first-order valence-electron chi connectivity index (χ1n) is 5.68. The van der Waals surface area contributed by atoms with Crippen LogP contribution in [0.15, 0.2) is 12.1 Å². The van der Waals surface area contributed by atoms with Crippen LogP contribution in [0.4, 0.5) is 0 Å². The molecule has 0 radical (unpaired) electrons. The molecule has 0 aliphatic rings. The van der Waals surface area contributed by atoms with Crippen molar-refractivity contribution >= 4 is 5.97 Å². The summed E-state index contributed by atoms with van der Waals surface area (Å²) in [5, 5.41) is 9.02. The minimum Gasteiger partial charge on any atom is -0.492 e. The van der Waals surface area contributed by atoms with Crippen molar-refractivity contribution < 1.29 is 14.6 Å². The Labute approximate surface area is 102 Å². The predicted octanol–water partition coefficient (Wildman–Crippen LogP) is 3.10. The summed E-state index contributed by atoms with van der Waals surface area (Å²) in [5.41, 5.74) is 2.40. The third kappa shape index (κ3) is 3.22. The number of hydrogen-bond acceptors (Lipinski definition) is 2. The van der Waals surface area contributed by atoms with Crippen molar-refractivity contribution in [2.24, 2.45) is 5.41 Å². The van der Waals surface area contributed by atoms with Crippen LogP contribution in [0.2, 0.25) is 0 Å². The number of carbonyl (C=O) groups is 1. The Hall–Kier alpha value is -1.51. The van der Waals surface area contributed by atoms with Crippen molar-refractivity contribution in [3.63, 3.8) is 0 Å². The Balaban J connectivity index is 2.87. The maximum atomic E-state index is 11.0. The number of aliphatic carboxylic acids is 1. The SMILES string of the molecule is Cc1cc(C)c(OCC(C)(C)C(=O)O)c(C)c1. The summed E-state index contributed by atoms with van der Waals surface area (Å²) in [5.74, 6) is -0.0511. The molecule has 17 heavy (non-hydrogen) atoms. The molecule has 3 heteroatoms. The molecule has 0 heterocycles. The molecule has 0 spiro atoms. The molecule has 1 aromatic carbocycles. The van der Waals surface area contributed by atoms with E-state index in [1.165, 1.54) is 5.56 Å². The average Bonchev–Trinajstić information content (AvgIpc) is 2.15. The van der Waals surface area contributed by atoms with Crippen LogP contribution in [-0.2, 0) is 4.79 Å². The standard InChI is InChI=1S/C14H20O3/c1-9-6-10(2)12(11(3)7-9)17-8-14(4,5)13(15)16/h6-7H,8H2,1-5H3,(H,15,16). The lowest BCUT2D eigenvalue weighted by atomic mass is 9.95. The first-order valence-corrected chi connectivity index (χ1v) is 5.68. The van der Waals surface area contributed by atoms with Crippen molar-refractivity contribution in [1.29, 1.82) is 0 Å². The summed E-state index contributed by atoms with van der Waals surface area (Å²) in [6.45, 7) is 9.48. The van der Waals surface area contributed by atoms with Gasteiger partial charge in [-0.2, -0.15) is 0 Å². The topological polar surface area (TPSA) is 46.5 Å². The first-order chi connectivity index (χ1) is 7.74. The maximum Gasteiger partial charge on any atom is 0.312 e. The van der Waals surface area contributed by atoms with Crippen LogP contribution in [0, 0.1) is 26.2 Å². The van der Waals surface area contributed by atoms with Crippen molar-refractivity contribution in [2.75, 3.05) is 6.61 Å². The molecule has 1 N–H and O–H groups in total. The smallest absolute Gasteiger partial charge is 0.312 e. The Morgan fingerprint density at radius 3 is 2.12 bits per heavy atom. The van der Waals surface area contributed by atoms with Gasteiger partial charge in [-0.25, -0.2) is 0 Å². The first kappa shape index (κ1) is 13.6. The fourth-order valence-corrected chi connectivity index (χ4v) is 1.71. The van der Waals surface area contributed by atoms with Crippen molar-refractivity contribution in [3.05, 3.63) is 28.8 Å². The van der Waals surface area contributed by atoms with Gasteiger partial charge in [-0.05, 0) is 45.7 Å². The summed E-state index contributed by atoms with van der Waals surface area (Å²) in [6, 6.07) is 4.08. The van der Waals surface area contributed by atoms with Crippen LogP contribution in [0.1, 0.15) is 30.5 Å². The molecule has 0 fully saturated rings. The zero-order chi connectivity index (χ0) is 13.2. The number of benzene rings is 1. The van der Waals surface area contributed by atoms with Gasteiger partial charge in [-0.3, -0.25) is 4.79 Å². The van der Waals surface area contributed by atoms with Crippen molar-refractivity contribution in [1.82, 2.24) is 0 Å². The highest BCUT2D eigenvalue weighted by Crippen LogP contribution is 2.27. The molecule has 1 rings (SSSR count). The van der Waals surface area contributed by atoms with Crippen LogP contribution in [-0.4, -0.2) is 17.7 Å². The molecular weight excluding hydrogens is 216 g/mol. The van der Waals surface area contributed by atoms with E-state index in [0.29, 0.717) is 0 Å². The second-order valence-corrected chi connectivity index (χ2v) is 5.21. The van der Waals surface area contributed by atoms with Crippen LogP contribution >= 0.6 is 0 Å². The minimum atomic E-state index is -0.871. The second kappa shape index (κ2) is 4.78. The predicted molar refractivity (Wildman–Crippen MR) is 67.6 cm³/mol. The fourth-order valence-electron chi connectivity index (χ4n) is 1.71. The lowest BCUT2D eigenvalue weighted by molar-refractivity contribution is -0.148. The molecule has 0 amide bonds. The van der Waals surface area contributed by atoms with Gasteiger partial charge in [-0.15, -0.1) is 0 Å². The van der Waals surface area contributed by atoms with Gasteiger partial charge < -0.3 is 9.84 Å². The van der Waals surface area contributed by atoms with Gasteiger partial charge in [0.15, 0.2) is 0 Å². The third-order valence-electron chi connectivity index (χ3n) is 2.76. The molecule has 3 nitrogen and oxygen atoms in total. The second-order valence-electron chi connectivity index (χ2n) is 5.21.